The van der Waals surface area contributed by atoms with E-state index >= 15 is 0 Å². The minimum absolute atomic E-state index is 0.0259. The van der Waals surface area contributed by atoms with Crippen LogP contribution in [0.4, 0.5) is 0 Å². The van der Waals surface area contributed by atoms with Crippen molar-refractivity contribution >= 4 is 5.97 Å². The molecule has 0 bridgehead atoms. The van der Waals surface area contributed by atoms with Crippen molar-refractivity contribution in [3.8, 4) is 0 Å². The van der Waals surface area contributed by atoms with Crippen molar-refractivity contribution in [1.82, 2.24) is 0 Å². The maximum atomic E-state index is 12.3. The average Bonchev–Trinajstić information content (AvgIpc) is 3.20. The standard InChI is InChI=1S/C34H58O2/c1-8-10-11-32(35)36-27-18-20-33(6)26(22-27)14-15-28-30-17-16-29(34(30,7)21-19-31(28)33)24(5)12-13-25(9-2)23(3)4/h14,23-25,27-31H,8-13,15-22H2,1-7H3/t24-,25-,27+,28+,29-,30+,31+,33+,34-/m1/s1. The highest BCUT2D eigenvalue weighted by Gasteiger charge is 2.59. The lowest BCUT2D eigenvalue weighted by atomic mass is 9.47. The Labute approximate surface area is 223 Å². The fourth-order valence-corrected chi connectivity index (χ4v) is 9.96. The molecule has 206 valence electrons. The van der Waals surface area contributed by atoms with E-state index in [1.165, 1.54) is 57.8 Å². The second-order valence-corrected chi connectivity index (χ2v) is 14.4. The maximum Gasteiger partial charge on any atom is 0.306 e. The first-order chi connectivity index (χ1) is 17.1. The number of unbranched alkanes of at least 4 members (excludes halogenated alkanes) is 1. The Morgan fingerprint density at radius 2 is 1.81 bits per heavy atom. The summed E-state index contributed by atoms with van der Waals surface area (Å²) < 4.78 is 5.93. The van der Waals surface area contributed by atoms with Crippen LogP contribution >= 0.6 is 0 Å². The first kappa shape index (κ1) is 28.2. The van der Waals surface area contributed by atoms with E-state index in [4.69, 9.17) is 4.74 Å². The van der Waals surface area contributed by atoms with E-state index < -0.39 is 0 Å². The molecule has 9 atom stereocenters. The van der Waals surface area contributed by atoms with Crippen LogP contribution in [0.15, 0.2) is 11.6 Å². The van der Waals surface area contributed by atoms with Gasteiger partial charge in [0.05, 0.1) is 0 Å². The van der Waals surface area contributed by atoms with Gasteiger partial charge in [-0.05, 0) is 110 Å². The van der Waals surface area contributed by atoms with Crippen LogP contribution in [-0.2, 0) is 9.53 Å². The zero-order valence-corrected chi connectivity index (χ0v) is 24.9. The molecule has 0 unspecified atom stereocenters. The molecule has 2 nitrogen and oxygen atoms in total. The molecule has 4 aliphatic rings. The topological polar surface area (TPSA) is 26.3 Å². The molecule has 0 aliphatic heterocycles. The molecule has 0 N–H and O–H groups in total. The highest BCUT2D eigenvalue weighted by Crippen LogP contribution is 2.67. The molecule has 4 aliphatic carbocycles. The third kappa shape index (κ3) is 5.36. The van der Waals surface area contributed by atoms with Crippen molar-refractivity contribution in [2.45, 2.75) is 144 Å². The van der Waals surface area contributed by atoms with Crippen molar-refractivity contribution in [3.05, 3.63) is 11.6 Å². The van der Waals surface area contributed by atoms with Crippen LogP contribution in [0.25, 0.3) is 0 Å². The summed E-state index contributed by atoms with van der Waals surface area (Å²) in [5.41, 5.74) is 2.52. The van der Waals surface area contributed by atoms with Crippen molar-refractivity contribution in [2.24, 2.45) is 52.3 Å². The molecule has 0 saturated heterocycles. The highest BCUT2D eigenvalue weighted by molar-refractivity contribution is 5.69. The fraction of sp³-hybridized carbons (Fsp3) is 0.912. The summed E-state index contributed by atoms with van der Waals surface area (Å²) in [6.45, 7) is 17.2. The van der Waals surface area contributed by atoms with Gasteiger partial charge < -0.3 is 4.74 Å². The predicted octanol–water partition coefficient (Wildman–Crippen LogP) is 9.77. The van der Waals surface area contributed by atoms with E-state index in [2.05, 4.69) is 54.5 Å². The van der Waals surface area contributed by atoms with Crippen molar-refractivity contribution in [3.63, 3.8) is 0 Å². The highest BCUT2D eigenvalue weighted by atomic mass is 16.5. The second-order valence-electron chi connectivity index (χ2n) is 14.4. The van der Waals surface area contributed by atoms with Crippen LogP contribution in [0, 0.1) is 52.3 Å². The maximum absolute atomic E-state index is 12.3. The van der Waals surface area contributed by atoms with Gasteiger partial charge >= 0.3 is 5.97 Å². The zero-order chi connectivity index (χ0) is 26.1. The van der Waals surface area contributed by atoms with Gasteiger partial charge in [-0.2, -0.15) is 0 Å². The quantitative estimate of drug-likeness (QED) is 0.221. The van der Waals surface area contributed by atoms with Crippen LogP contribution in [0.1, 0.15) is 138 Å². The van der Waals surface area contributed by atoms with Crippen LogP contribution in [0.3, 0.4) is 0 Å². The predicted molar refractivity (Wildman–Crippen MR) is 152 cm³/mol. The van der Waals surface area contributed by atoms with Gasteiger partial charge in [0.25, 0.3) is 0 Å². The van der Waals surface area contributed by atoms with Gasteiger partial charge in [0, 0.05) is 12.8 Å². The normalized spacial score (nSPS) is 39.6. The van der Waals surface area contributed by atoms with E-state index in [1.54, 1.807) is 5.57 Å². The van der Waals surface area contributed by atoms with Gasteiger partial charge in [0.1, 0.15) is 6.10 Å². The Bertz CT molecular complexity index is 782. The third-order valence-corrected chi connectivity index (χ3v) is 12.3. The Balaban J connectivity index is 1.41. The van der Waals surface area contributed by atoms with E-state index in [1.807, 2.05) is 0 Å². The van der Waals surface area contributed by atoms with Crippen LogP contribution in [0.5, 0.6) is 0 Å². The van der Waals surface area contributed by atoms with Gasteiger partial charge in [-0.3, -0.25) is 4.79 Å². The molecule has 0 aromatic carbocycles. The van der Waals surface area contributed by atoms with E-state index in [0.29, 0.717) is 17.3 Å². The summed E-state index contributed by atoms with van der Waals surface area (Å²) in [6, 6.07) is 0. The molecule has 2 heteroatoms. The number of fused-ring (bicyclic) bond motifs is 5. The molecular weight excluding hydrogens is 440 g/mol. The zero-order valence-electron chi connectivity index (χ0n) is 24.9. The summed E-state index contributed by atoms with van der Waals surface area (Å²) in [4.78, 5) is 12.3. The molecule has 0 aromatic heterocycles. The molecular formula is C34H58O2. The average molecular weight is 499 g/mol. The lowest BCUT2D eigenvalue weighted by molar-refractivity contribution is -0.151. The van der Waals surface area contributed by atoms with Crippen molar-refractivity contribution < 1.29 is 9.53 Å². The molecule has 36 heavy (non-hydrogen) atoms. The summed E-state index contributed by atoms with van der Waals surface area (Å²) >= 11 is 0. The number of allylic oxidation sites excluding steroid dienone is 1. The number of esters is 1. The first-order valence-electron chi connectivity index (χ1n) is 16.0. The smallest absolute Gasteiger partial charge is 0.306 e. The summed E-state index contributed by atoms with van der Waals surface area (Å²) in [5.74, 6) is 6.16. The number of carbonyl (C=O) groups excluding carboxylic acids is 1. The summed E-state index contributed by atoms with van der Waals surface area (Å²) in [6.07, 6.45) is 19.9. The van der Waals surface area contributed by atoms with E-state index in [9.17, 15) is 4.79 Å². The molecule has 0 spiro atoms. The molecule has 0 heterocycles. The summed E-state index contributed by atoms with van der Waals surface area (Å²) in [5, 5.41) is 0. The number of rotatable bonds is 10. The number of hydrogen-bond donors (Lipinski definition) is 0. The van der Waals surface area contributed by atoms with Gasteiger partial charge in [-0.25, -0.2) is 0 Å². The molecule has 4 rings (SSSR count). The van der Waals surface area contributed by atoms with Crippen molar-refractivity contribution in [2.75, 3.05) is 0 Å². The molecule has 0 aromatic rings. The number of ether oxygens (including phenoxy) is 1. The largest absolute Gasteiger partial charge is 0.462 e. The number of hydrogen-bond acceptors (Lipinski definition) is 2. The minimum atomic E-state index is 0.0259. The van der Waals surface area contributed by atoms with Gasteiger partial charge in [0.2, 0.25) is 0 Å². The van der Waals surface area contributed by atoms with E-state index in [0.717, 1.165) is 67.1 Å². The van der Waals surface area contributed by atoms with Crippen LogP contribution < -0.4 is 0 Å². The minimum Gasteiger partial charge on any atom is -0.462 e. The second kappa shape index (κ2) is 11.5. The third-order valence-electron chi connectivity index (χ3n) is 12.3. The van der Waals surface area contributed by atoms with Gasteiger partial charge in [-0.1, -0.05) is 79.4 Å². The Morgan fingerprint density at radius 1 is 1.03 bits per heavy atom. The van der Waals surface area contributed by atoms with Crippen LogP contribution in [-0.4, -0.2) is 12.1 Å². The lowest BCUT2D eigenvalue weighted by Crippen LogP contribution is -2.51. The lowest BCUT2D eigenvalue weighted by Gasteiger charge is -2.58. The fourth-order valence-electron chi connectivity index (χ4n) is 9.96. The first-order valence-corrected chi connectivity index (χ1v) is 16.0. The Morgan fingerprint density at radius 3 is 2.50 bits per heavy atom. The van der Waals surface area contributed by atoms with Gasteiger partial charge in [0.15, 0.2) is 0 Å². The molecule has 0 amide bonds. The summed E-state index contributed by atoms with van der Waals surface area (Å²) in [7, 11) is 0. The molecule has 3 fully saturated rings. The Hall–Kier alpha value is -0.790. The monoisotopic (exact) mass is 498 g/mol. The van der Waals surface area contributed by atoms with Gasteiger partial charge in [-0.15, -0.1) is 0 Å². The van der Waals surface area contributed by atoms with E-state index in [-0.39, 0.29) is 12.1 Å². The molecule has 3 saturated carbocycles. The van der Waals surface area contributed by atoms with Crippen LogP contribution in [0.2, 0.25) is 0 Å². The Kier molecular flexibility index (Phi) is 9.04. The number of carbonyl (C=O) groups is 1. The SMILES string of the molecule is CCCCC(=O)O[C@H]1CC[C@@]2(C)C(=CC[C@H]3[C@@H]4CC[C@H]([C@H](C)CC[C@@H](CC)C(C)C)[C@@]4(C)CC[C@@H]32)C1. The van der Waals surface area contributed by atoms with Crippen molar-refractivity contribution in [1.29, 1.82) is 0 Å². The molecule has 0 radical (unpaired) electrons.